The number of carbonyl (C=O) groups excluding carboxylic acids is 1. The maximum atomic E-state index is 11.4. The van der Waals surface area contributed by atoms with Crippen LogP contribution in [0.3, 0.4) is 0 Å². The molecule has 0 spiro atoms. The van der Waals surface area contributed by atoms with E-state index in [9.17, 15) is 4.79 Å². The van der Waals surface area contributed by atoms with Gasteiger partial charge in [-0.2, -0.15) is 0 Å². The molecular weight excluding hydrogens is 168 g/mol. The summed E-state index contributed by atoms with van der Waals surface area (Å²) >= 11 is 0. The highest BCUT2D eigenvalue weighted by molar-refractivity contribution is 5.73. The SMILES string of the molecule is CC1CCC(OC(=O)C2COC2)C1. The van der Waals surface area contributed by atoms with E-state index in [0.29, 0.717) is 13.2 Å². The molecule has 1 aliphatic carbocycles. The van der Waals surface area contributed by atoms with Crippen LogP contribution in [0.15, 0.2) is 0 Å². The van der Waals surface area contributed by atoms with E-state index in [1.807, 2.05) is 0 Å². The van der Waals surface area contributed by atoms with Crippen molar-refractivity contribution < 1.29 is 14.3 Å². The van der Waals surface area contributed by atoms with Gasteiger partial charge in [0, 0.05) is 0 Å². The van der Waals surface area contributed by atoms with Crippen LogP contribution < -0.4 is 0 Å². The molecule has 0 aromatic carbocycles. The molecule has 0 aromatic rings. The molecule has 0 aromatic heterocycles. The van der Waals surface area contributed by atoms with Gasteiger partial charge >= 0.3 is 5.97 Å². The molecule has 74 valence electrons. The summed E-state index contributed by atoms with van der Waals surface area (Å²) in [6.45, 7) is 3.32. The summed E-state index contributed by atoms with van der Waals surface area (Å²) in [5.41, 5.74) is 0. The first kappa shape index (κ1) is 9.00. The lowest BCUT2D eigenvalue weighted by Gasteiger charge is -2.25. The minimum absolute atomic E-state index is 0.0240. The smallest absolute Gasteiger partial charge is 0.313 e. The normalized spacial score (nSPS) is 34.2. The van der Waals surface area contributed by atoms with Crippen LogP contribution >= 0.6 is 0 Å². The zero-order chi connectivity index (χ0) is 9.26. The Morgan fingerprint density at radius 3 is 2.62 bits per heavy atom. The molecule has 0 amide bonds. The van der Waals surface area contributed by atoms with Crippen molar-refractivity contribution in [3.05, 3.63) is 0 Å². The number of esters is 1. The number of ether oxygens (including phenoxy) is 2. The second-order valence-corrected chi connectivity index (χ2v) is 4.21. The molecule has 2 atom stereocenters. The summed E-state index contributed by atoms with van der Waals surface area (Å²) in [5, 5.41) is 0. The summed E-state index contributed by atoms with van der Waals surface area (Å²) in [5.74, 6) is 0.691. The summed E-state index contributed by atoms with van der Waals surface area (Å²) in [7, 11) is 0. The molecule has 13 heavy (non-hydrogen) atoms. The molecule has 2 fully saturated rings. The third-order valence-corrected chi connectivity index (χ3v) is 2.90. The maximum absolute atomic E-state index is 11.4. The molecular formula is C10H16O3. The molecule has 2 aliphatic rings. The topological polar surface area (TPSA) is 35.5 Å². The molecule has 0 N–H and O–H groups in total. The van der Waals surface area contributed by atoms with Crippen molar-refractivity contribution >= 4 is 5.97 Å². The van der Waals surface area contributed by atoms with E-state index in [4.69, 9.17) is 9.47 Å². The first-order valence-corrected chi connectivity index (χ1v) is 5.04. The van der Waals surface area contributed by atoms with Gasteiger partial charge < -0.3 is 9.47 Å². The van der Waals surface area contributed by atoms with Crippen molar-refractivity contribution in [2.24, 2.45) is 11.8 Å². The molecule has 2 unspecified atom stereocenters. The van der Waals surface area contributed by atoms with Crippen molar-refractivity contribution in [3.8, 4) is 0 Å². The highest BCUT2D eigenvalue weighted by atomic mass is 16.6. The van der Waals surface area contributed by atoms with E-state index < -0.39 is 0 Å². The summed E-state index contributed by atoms with van der Waals surface area (Å²) < 4.78 is 10.3. The lowest BCUT2D eigenvalue weighted by atomic mass is 10.1. The minimum atomic E-state index is -0.0506. The first-order valence-electron chi connectivity index (χ1n) is 5.04. The second kappa shape index (κ2) is 3.66. The third-order valence-electron chi connectivity index (χ3n) is 2.90. The lowest BCUT2D eigenvalue weighted by molar-refractivity contribution is -0.168. The van der Waals surface area contributed by atoms with Crippen LogP contribution in [0.25, 0.3) is 0 Å². The van der Waals surface area contributed by atoms with Crippen LogP contribution in [0.4, 0.5) is 0 Å². The van der Waals surface area contributed by atoms with Gasteiger partial charge in [0.1, 0.15) is 12.0 Å². The molecule has 1 heterocycles. The van der Waals surface area contributed by atoms with Gasteiger partial charge in [-0.3, -0.25) is 4.79 Å². The van der Waals surface area contributed by atoms with Crippen LogP contribution in [0, 0.1) is 11.8 Å². The van der Waals surface area contributed by atoms with Gasteiger partial charge in [-0.25, -0.2) is 0 Å². The van der Waals surface area contributed by atoms with Gasteiger partial charge in [0.25, 0.3) is 0 Å². The molecule has 3 heteroatoms. The number of rotatable bonds is 2. The van der Waals surface area contributed by atoms with Crippen molar-refractivity contribution in [2.75, 3.05) is 13.2 Å². The first-order chi connectivity index (χ1) is 6.25. The lowest BCUT2D eigenvalue weighted by Crippen LogP contribution is -2.37. The van der Waals surface area contributed by atoms with Crippen LogP contribution in [0.2, 0.25) is 0 Å². The standard InChI is InChI=1S/C10H16O3/c1-7-2-3-9(4-7)13-10(11)8-5-12-6-8/h7-9H,2-6H2,1H3. The zero-order valence-corrected chi connectivity index (χ0v) is 7.99. The van der Waals surface area contributed by atoms with E-state index in [1.54, 1.807) is 0 Å². The van der Waals surface area contributed by atoms with Gasteiger partial charge in [0.15, 0.2) is 0 Å². The fraction of sp³-hybridized carbons (Fsp3) is 0.900. The molecule has 1 aliphatic heterocycles. The Bertz CT molecular complexity index is 198. The van der Waals surface area contributed by atoms with Gasteiger partial charge in [-0.1, -0.05) is 6.92 Å². The van der Waals surface area contributed by atoms with E-state index in [0.717, 1.165) is 18.8 Å². The van der Waals surface area contributed by atoms with Crippen LogP contribution in [0.1, 0.15) is 26.2 Å². The average molecular weight is 184 g/mol. The number of hydrogen-bond acceptors (Lipinski definition) is 3. The second-order valence-electron chi connectivity index (χ2n) is 4.21. The van der Waals surface area contributed by atoms with E-state index in [1.165, 1.54) is 6.42 Å². The van der Waals surface area contributed by atoms with Gasteiger partial charge in [-0.15, -0.1) is 0 Å². The Labute approximate surface area is 78.4 Å². The fourth-order valence-corrected chi connectivity index (χ4v) is 1.89. The number of hydrogen-bond donors (Lipinski definition) is 0. The Morgan fingerprint density at radius 2 is 2.15 bits per heavy atom. The highest BCUT2D eigenvalue weighted by Gasteiger charge is 2.32. The summed E-state index contributed by atoms with van der Waals surface area (Å²) in [6, 6.07) is 0. The van der Waals surface area contributed by atoms with E-state index in [-0.39, 0.29) is 18.0 Å². The monoisotopic (exact) mass is 184 g/mol. The van der Waals surface area contributed by atoms with E-state index >= 15 is 0 Å². The van der Waals surface area contributed by atoms with Crippen LogP contribution in [-0.2, 0) is 14.3 Å². The predicted octanol–water partition coefficient (Wildman–Crippen LogP) is 1.36. The molecule has 0 radical (unpaired) electrons. The summed E-state index contributed by atoms with van der Waals surface area (Å²) in [6.07, 6.45) is 3.46. The average Bonchev–Trinajstić information content (AvgIpc) is 2.31. The van der Waals surface area contributed by atoms with E-state index in [2.05, 4.69) is 6.92 Å². The van der Waals surface area contributed by atoms with Crippen molar-refractivity contribution in [1.29, 1.82) is 0 Å². The highest BCUT2D eigenvalue weighted by Crippen LogP contribution is 2.28. The minimum Gasteiger partial charge on any atom is -0.462 e. The molecule has 3 nitrogen and oxygen atoms in total. The van der Waals surface area contributed by atoms with Gasteiger partial charge in [-0.05, 0) is 25.2 Å². The largest absolute Gasteiger partial charge is 0.462 e. The van der Waals surface area contributed by atoms with Crippen molar-refractivity contribution in [3.63, 3.8) is 0 Å². The Morgan fingerprint density at radius 1 is 1.38 bits per heavy atom. The molecule has 1 saturated carbocycles. The predicted molar refractivity (Wildman–Crippen MR) is 47.2 cm³/mol. The van der Waals surface area contributed by atoms with Crippen LogP contribution in [-0.4, -0.2) is 25.3 Å². The Hall–Kier alpha value is -0.570. The Balaban J connectivity index is 1.74. The maximum Gasteiger partial charge on any atom is 0.313 e. The zero-order valence-electron chi connectivity index (χ0n) is 7.99. The van der Waals surface area contributed by atoms with Gasteiger partial charge in [0.2, 0.25) is 0 Å². The molecule has 1 saturated heterocycles. The van der Waals surface area contributed by atoms with Crippen LogP contribution in [0.5, 0.6) is 0 Å². The van der Waals surface area contributed by atoms with Crippen molar-refractivity contribution in [1.82, 2.24) is 0 Å². The third kappa shape index (κ3) is 2.02. The summed E-state index contributed by atoms with van der Waals surface area (Å²) in [4.78, 5) is 11.4. The van der Waals surface area contributed by atoms with Crippen molar-refractivity contribution in [2.45, 2.75) is 32.3 Å². The van der Waals surface area contributed by atoms with Gasteiger partial charge in [0.05, 0.1) is 13.2 Å². The fourth-order valence-electron chi connectivity index (χ4n) is 1.89. The molecule has 0 bridgehead atoms. The quantitative estimate of drug-likeness (QED) is 0.608. The number of carbonyl (C=O) groups is 1. The molecule has 2 rings (SSSR count). The Kier molecular flexibility index (Phi) is 2.54.